The standard InChI is InChI=1S/C19H24ClNO3/c1-23-16-7-14(6-15(20)17(16)24-2)18(22)21-19-8-11-3-12(9-19)5-13(4-11)10-19/h6-7,11-13H,3-5,8-10H2,1-2H3,(H,21,22). The van der Waals surface area contributed by atoms with E-state index in [9.17, 15) is 4.79 Å². The molecule has 0 aromatic heterocycles. The van der Waals surface area contributed by atoms with Gasteiger partial charge >= 0.3 is 0 Å². The first-order valence-corrected chi connectivity index (χ1v) is 9.14. The number of halogens is 1. The Morgan fingerprint density at radius 3 is 2.17 bits per heavy atom. The molecule has 1 aromatic rings. The van der Waals surface area contributed by atoms with E-state index in [0.29, 0.717) is 22.1 Å². The van der Waals surface area contributed by atoms with Crippen LogP contribution in [0.4, 0.5) is 0 Å². The number of hydrogen-bond acceptors (Lipinski definition) is 3. The predicted molar refractivity (Wildman–Crippen MR) is 92.9 cm³/mol. The first-order chi connectivity index (χ1) is 11.5. The fourth-order valence-electron chi connectivity index (χ4n) is 5.63. The number of benzene rings is 1. The summed E-state index contributed by atoms with van der Waals surface area (Å²) < 4.78 is 10.6. The zero-order valence-corrected chi connectivity index (χ0v) is 15.0. The highest BCUT2D eigenvalue weighted by Crippen LogP contribution is 2.55. The summed E-state index contributed by atoms with van der Waals surface area (Å²) in [4.78, 5) is 12.9. The molecule has 4 bridgehead atoms. The van der Waals surface area contributed by atoms with Gasteiger partial charge in [0.05, 0.1) is 19.2 Å². The smallest absolute Gasteiger partial charge is 0.251 e. The zero-order chi connectivity index (χ0) is 16.9. The van der Waals surface area contributed by atoms with Crippen molar-refractivity contribution < 1.29 is 14.3 Å². The second-order valence-corrected chi connectivity index (χ2v) is 8.25. The third-order valence-corrected chi connectivity index (χ3v) is 6.39. The van der Waals surface area contributed by atoms with Gasteiger partial charge in [0.1, 0.15) is 0 Å². The van der Waals surface area contributed by atoms with Gasteiger partial charge < -0.3 is 14.8 Å². The lowest BCUT2D eigenvalue weighted by atomic mass is 9.53. The van der Waals surface area contributed by atoms with Crippen LogP contribution in [-0.4, -0.2) is 25.7 Å². The molecule has 4 saturated carbocycles. The molecule has 4 fully saturated rings. The van der Waals surface area contributed by atoms with Crippen molar-refractivity contribution in [1.82, 2.24) is 5.32 Å². The quantitative estimate of drug-likeness (QED) is 0.891. The van der Waals surface area contributed by atoms with Gasteiger partial charge in [-0.05, 0) is 68.4 Å². The molecule has 4 nitrogen and oxygen atoms in total. The average molecular weight is 350 g/mol. The Bertz CT molecular complexity index is 638. The van der Waals surface area contributed by atoms with Crippen LogP contribution in [0.25, 0.3) is 0 Å². The summed E-state index contributed by atoms with van der Waals surface area (Å²) in [6.45, 7) is 0. The molecule has 0 atom stereocenters. The van der Waals surface area contributed by atoms with Crippen LogP contribution in [0.15, 0.2) is 12.1 Å². The lowest BCUT2D eigenvalue weighted by molar-refractivity contribution is -0.0167. The summed E-state index contributed by atoms with van der Waals surface area (Å²) in [5.41, 5.74) is 0.527. The van der Waals surface area contributed by atoms with E-state index in [-0.39, 0.29) is 11.4 Å². The van der Waals surface area contributed by atoms with E-state index in [0.717, 1.165) is 37.0 Å². The molecule has 5 rings (SSSR count). The molecule has 4 aliphatic rings. The van der Waals surface area contributed by atoms with E-state index in [2.05, 4.69) is 5.32 Å². The van der Waals surface area contributed by atoms with Crippen LogP contribution in [0.5, 0.6) is 11.5 Å². The second-order valence-electron chi connectivity index (χ2n) is 7.85. The highest BCUT2D eigenvalue weighted by molar-refractivity contribution is 6.32. The van der Waals surface area contributed by atoms with Crippen molar-refractivity contribution in [2.45, 2.75) is 44.1 Å². The molecule has 1 N–H and O–H groups in total. The minimum absolute atomic E-state index is 0.00846. The maximum Gasteiger partial charge on any atom is 0.251 e. The number of methoxy groups -OCH3 is 2. The van der Waals surface area contributed by atoms with Crippen molar-refractivity contribution in [3.8, 4) is 11.5 Å². The van der Waals surface area contributed by atoms with Gasteiger partial charge in [-0.1, -0.05) is 11.6 Å². The molecule has 0 aliphatic heterocycles. The van der Waals surface area contributed by atoms with Crippen molar-refractivity contribution in [2.24, 2.45) is 17.8 Å². The SMILES string of the molecule is COc1cc(C(=O)NC23CC4CC(CC(C4)C2)C3)cc(Cl)c1OC. The third-order valence-electron chi connectivity index (χ3n) is 6.11. The lowest BCUT2D eigenvalue weighted by Crippen LogP contribution is -2.59. The van der Waals surface area contributed by atoms with Crippen LogP contribution >= 0.6 is 11.6 Å². The monoisotopic (exact) mass is 349 g/mol. The highest BCUT2D eigenvalue weighted by atomic mass is 35.5. The van der Waals surface area contributed by atoms with Crippen molar-refractivity contribution in [1.29, 1.82) is 0 Å². The van der Waals surface area contributed by atoms with Gasteiger partial charge in [0.25, 0.3) is 5.91 Å². The van der Waals surface area contributed by atoms with E-state index in [1.807, 2.05) is 0 Å². The van der Waals surface area contributed by atoms with Crippen molar-refractivity contribution in [3.63, 3.8) is 0 Å². The Balaban J connectivity index is 1.58. The second kappa shape index (κ2) is 5.83. The molecule has 1 amide bonds. The predicted octanol–water partition coefficient (Wildman–Crippen LogP) is 4.06. The average Bonchev–Trinajstić information content (AvgIpc) is 2.52. The molecular formula is C19H24ClNO3. The molecule has 0 saturated heterocycles. The number of amides is 1. The maximum absolute atomic E-state index is 12.9. The van der Waals surface area contributed by atoms with Crippen LogP contribution in [0.1, 0.15) is 48.9 Å². The molecule has 0 spiro atoms. The van der Waals surface area contributed by atoms with E-state index < -0.39 is 0 Å². The summed E-state index contributed by atoms with van der Waals surface area (Å²) >= 11 is 6.25. The molecule has 0 radical (unpaired) electrons. The fraction of sp³-hybridized carbons (Fsp3) is 0.632. The summed E-state index contributed by atoms with van der Waals surface area (Å²) in [6.07, 6.45) is 7.47. The van der Waals surface area contributed by atoms with Crippen molar-refractivity contribution in [3.05, 3.63) is 22.7 Å². The van der Waals surface area contributed by atoms with Gasteiger partial charge in [-0.2, -0.15) is 0 Å². The zero-order valence-electron chi connectivity index (χ0n) is 14.2. The Morgan fingerprint density at radius 1 is 1.08 bits per heavy atom. The maximum atomic E-state index is 12.9. The molecule has 4 aliphatic carbocycles. The number of hydrogen-bond donors (Lipinski definition) is 1. The lowest BCUT2D eigenvalue weighted by Gasteiger charge is -2.56. The van der Waals surface area contributed by atoms with Crippen LogP contribution in [0.3, 0.4) is 0 Å². The van der Waals surface area contributed by atoms with E-state index in [4.69, 9.17) is 21.1 Å². The highest BCUT2D eigenvalue weighted by Gasteiger charge is 2.51. The molecular weight excluding hydrogens is 326 g/mol. The van der Waals surface area contributed by atoms with Crippen LogP contribution in [0, 0.1) is 17.8 Å². The summed E-state index contributed by atoms with van der Waals surface area (Å²) in [7, 11) is 3.09. The van der Waals surface area contributed by atoms with Gasteiger partial charge in [-0.15, -0.1) is 0 Å². The molecule has 0 unspecified atom stereocenters. The summed E-state index contributed by atoms with van der Waals surface area (Å²) in [5.74, 6) is 3.28. The molecule has 130 valence electrons. The number of rotatable bonds is 4. The first-order valence-electron chi connectivity index (χ1n) is 8.76. The normalized spacial score (nSPS) is 33.4. The number of ether oxygens (including phenoxy) is 2. The molecule has 24 heavy (non-hydrogen) atoms. The Kier molecular flexibility index (Phi) is 3.91. The largest absolute Gasteiger partial charge is 0.493 e. The van der Waals surface area contributed by atoms with Gasteiger partial charge in [0.15, 0.2) is 11.5 Å². The minimum Gasteiger partial charge on any atom is -0.493 e. The van der Waals surface area contributed by atoms with Gasteiger partial charge in [0, 0.05) is 11.1 Å². The van der Waals surface area contributed by atoms with E-state index in [1.54, 1.807) is 26.4 Å². The summed E-state index contributed by atoms with van der Waals surface area (Å²) in [6, 6.07) is 3.37. The molecule has 1 aromatic carbocycles. The Morgan fingerprint density at radius 2 is 1.67 bits per heavy atom. The van der Waals surface area contributed by atoms with Crippen LogP contribution in [0.2, 0.25) is 5.02 Å². The van der Waals surface area contributed by atoms with Gasteiger partial charge in [0.2, 0.25) is 0 Å². The first kappa shape index (κ1) is 16.1. The number of nitrogens with one attached hydrogen (secondary N) is 1. The van der Waals surface area contributed by atoms with Gasteiger partial charge in [-0.25, -0.2) is 0 Å². The number of carbonyl (C=O) groups excluding carboxylic acids is 1. The Labute approximate surface area is 147 Å². The molecule has 0 heterocycles. The minimum atomic E-state index is -0.0557. The van der Waals surface area contributed by atoms with Crippen molar-refractivity contribution in [2.75, 3.05) is 14.2 Å². The fourth-order valence-corrected chi connectivity index (χ4v) is 5.91. The van der Waals surface area contributed by atoms with Crippen molar-refractivity contribution >= 4 is 17.5 Å². The third kappa shape index (κ3) is 2.65. The van der Waals surface area contributed by atoms with E-state index >= 15 is 0 Å². The van der Waals surface area contributed by atoms with Gasteiger partial charge in [-0.3, -0.25) is 4.79 Å². The van der Waals surface area contributed by atoms with E-state index in [1.165, 1.54) is 19.3 Å². The van der Waals surface area contributed by atoms with Crippen LogP contribution < -0.4 is 14.8 Å². The Hall–Kier alpha value is -1.42. The number of carbonyl (C=O) groups is 1. The molecule has 5 heteroatoms. The van der Waals surface area contributed by atoms with Crippen LogP contribution in [-0.2, 0) is 0 Å². The topological polar surface area (TPSA) is 47.6 Å². The summed E-state index contributed by atoms with van der Waals surface area (Å²) in [5, 5.41) is 3.76.